The third-order valence-corrected chi connectivity index (χ3v) is 5.01. The monoisotopic (exact) mass is 331 g/mol. The average Bonchev–Trinajstić information content (AvgIpc) is 3.02. The Labute approximate surface area is 144 Å². The van der Waals surface area contributed by atoms with E-state index < -0.39 is 0 Å². The zero-order valence-corrected chi connectivity index (χ0v) is 14.8. The van der Waals surface area contributed by atoms with Crippen LogP contribution in [0, 0.1) is 0 Å². The van der Waals surface area contributed by atoms with Gasteiger partial charge in [0.25, 0.3) is 5.91 Å². The maximum absolute atomic E-state index is 12.6. The van der Waals surface area contributed by atoms with Crippen molar-refractivity contribution < 1.29 is 9.53 Å². The first kappa shape index (κ1) is 17.4. The van der Waals surface area contributed by atoms with E-state index in [1.807, 2.05) is 17.0 Å². The Morgan fingerprint density at radius 1 is 1.21 bits per heavy atom. The Morgan fingerprint density at radius 2 is 1.88 bits per heavy atom. The van der Waals surface area contributed by atoms with Gasteiger partial charge in [-0.1, -0.05) is 12.1 Å². The molecule has 0 bridgehead atoms. The summed E-state index contributed by atoms with van der Waals surface area (Å²) in [5.41, 5.74) is 7.79. The van der Waals surface area contributed by atoms with Crippen molar-refractivity contribution in [2.24, 2.45) is 5.73 Å². The summed E-state index contributed by atoms with van der Waals surface area (Å²) in [4.78, 5) is 17.0. The second kappa shape index (κ2) is 7.64. The highest BCUT2D eigenvalue weighted by molar-refractivity contribution is 5.94. The molecule has 5 nitrogen and oxygen atoms in total. The second-order valence-electron chi connectivity index (χ2n) is 7.18. The molecule has 0 saturated carbocycles. The van der Waals surface area contributed by atoms with Crippen LogP contribution in [0.4, 0.5) is 0 Å². The highest BCUT2D eigenvalue weighted by Gasteiger charge is 2.28. The van der Waals surface area contributed by atoms with Crippen LogP contribution in [0.2, 0.25) is 0 Å². The summed E-state index contributed by atoms with van der Waals surface area (Å²) >= 11 is 0. The van der Waals surface area contributed by atoms with Gasteiger partial charge in [-0.2, -0.15) is 0 Å². The predicted molar refractivity (Wildman–Crippen MR) is 94.8 cm³/mol. The quantitative estimate of drug-likeness (QED) is 0.915. The van der Waals surface area contributed by atoms with Gasteiger partial charge < -0.3 is 15.4 Å². The molecule has 2 fully saturated rings. The van der Waals surface area contributed by atoms with Crippen LogP contribution in [0.1, 0.15) is 42.6 Å². The predicted octanol–water partition coefficient (Wildman–Crippen LogP) is 1.86. The third kappa shape index (κ3) is 3.97. The molecule has 3 rings (SSSR count). The maximum Gasteiger partial charge on any atom is 0.254 e. The number of morpholine rings is 1. The number of benzene rings is 1. The lowest BCUT2D eigenvalue weighted by molar-refractivity contribution is -0.0704. The first-order valence-corrected chi connectivity index (χ1v) is 9.04. The number of ether oxygens (including phenoxy) is 1. The van der Waals surface area contributed by atoms with Crippen molar-refractivity contribution in [3.8, 4) is 0 Å². The Hall–Kier alpha value is -1.43. The molecule has 0 spiro atoms. The molecule has 1 aromatic carbocycles. The summed E-state index contributed by atoms with van der Waals surface area (Å²) in [6.07, 6.45) is 2.63. The van der Waals surface area contributed by atoms with Crippen molar-refractivity contribution >= 4 is 5.91 Å². The van der Waals surface area contributed by atoms with Crippen LogP contribution in [0.3, 0.4) is 0 Å². The van der Waals surface area contributed by atoms with Gasteiger partial charge in [0.15, 0.2) is 0 Å². The van der Waals surface area contributed by atoms with E-state index in [1.165, 1.54) is 5.56 Å². The standard InChI is InChI=1S/C19H29N3O2/c1-14-11-21(12-15(2)24-14)13-16-5-7-17(8-6-16)19(23)22-9-3-4-18(22)10-20/h5-8,14-15,18H,3-4,9-13,20H2,1-2H3/t14-,15+,18-/m1/s1. The molecule has 0 unspecified atom stereocenters. The summed E-state index contributed by atoms with van der Waals surface area (Å²) < 4.78 is 5.78. The third-order valence-electron chi connectivity index (χ3n) is 5.01. The summed E-state index contributed by atoms with van der Waals surface area (Å²) in [5, 5.41) is 0. The Bertz CT molecular complexity index is 550. The van der Waals surface area contributed by atoms with E-state index in [4.69, 9.17) is 10.5 Å². The zero-order valence-electron chi connectivity index (χ0n) is 14.8. The number of hydrogen-bond donors (Lipinski definition) is 1. The van der Waals surface area contributed by atoms with Crippen molar-refractivity contribution in [3.05, 3.63) is 35.4 Å². The Balaban J connectivity index is 1.62. The molecular weight excluding hydrogens is 302 g/mol. The number of amides is 1. The molecule has 0 radical (unpaired) electrons. The minimum Gasteiger partial charge on any atom is -0.373 e. The highest BCUT2D eigenvalue weighted by Crippen LogP contribution is 2.20. The molecule has 24 heavy (non-hydrogen) atoms. The molecular formula is C19H29N3O2. The number of nitrogens with two attached hydrogens (primary N) is 1. The summed E-state index contributed by atoms with van der Waals surface area (Å²) in [5.74, 6) is 0.114. The molecule has 132 valence electrons. The van der Waals surface area contributed by atoms with E-state index in [2.05, 4.69) is 30.9 Å². The van der Waals surface area contributed by atoms with Crippen molar-refractivity contribution in [2.75, 3.05) is 26.2 Å². The number of hydrogen-bond acceptors (Lipinski definition) is 4. The van der Waals surface area contributed by atoms with Crippen LogP contribution in [-0.4, -0.2) is 60.1 Å². The molecule has 3 atom stereocenters. The SMILES string of the molecule is C[C@@H]1CN(Cc2ccc(C(=O)N3CCC[C@@H]3CN)cc2)C[C@H](C)O1. The summed E-state index contributed by atoms with van der Waals surface area (Å²) in [7, 11) is 0. The highest BCUT2D eigenvalue weighted by atomic mass is 16.5. The first-order valence-electron chi connectivity index (χ1n) is 9.04. The fraction of sp³-hybridized carbons (Fsp3) is 0.632. The molecule has 1 amide bonds. The number of rotatable bonds is 4. The van der Waals surface area contributed by atoms with E-state index in [9.17, 15) is 4.79 Å². The smallest absolute Gasteiger partial charge is 0.254 e. The van der Waals surface area contributed by atoms with Gasteiger partial charge in [0.1, 0.15) is 0 Å². The Kier molecular flexibility index (Phi) is 5.54. The number of likely N-dealkylation sites (tertiary alicyclic amines) is 1. The minimum atomic E-state index is 0.114. The minimum absolute atomic E-state index is 0.114. The molecule has 0 aromatic heterocycles. The van der Waals surface area contributed by atoms with E-state index >= 15 is 0 Å². The van der Waals surface area contributed by atoms with Gasteiger partial charge >= 0.3 is 0 Å². The first-order chi connectivity index (χ1) is 11.6. The number of carbonyl (C=O) groups excluding carboxylic acids is 1. The van der Waals surface area contributed by atoms with Crippen LogP contribution >= 0.6 is 0 Å². The van der Waals surface area contributed by atoms with Crippen molar-refractivity contribution in [1.82, 2.24) is 9.80 Å². The van der Waals surface area contributed by atoms with Gasteiger partial charge in [0.05, 0.1) is 12.2 Å². The lowest BCUT2D eigenvalue weighted by Crippen LogP contribution is -2.44. The Morgan fingerprint density at radius 3 is 2.50 bits per heavy atom. The molecule has 2 aliphatic rings. The molecule has 2 saturated heterocycles. The van der Waals surface area contributed by atoms with Gasteiger partial charge in [0, 0.05) is 44.3 Å². The van der Waals surface area contributed by atoms with Crippen molar-refractivity contribution in [1.29, 1.82) is 0 Å². The van der Waals surface area contributed by atoms with Gasteiger partial charge in [-0.25, -0.2) is 0 Å². The second-order valence-corrected chi connectivity index (χ2v) is 7.18. The van der Waals surface area contributed by atoms with Crippen LogP contribution in [0.5, 0.6) is 0 Å². The van der Waals surface area contributed by atoms with Gasteiger partial charge in [0.2, 0.25) is 0 Å². The molecule has 0 aliphatic carbocycles. The van der Waals surface area contributed by atoms with Crippen molar-refractivity contribution in [3.63, 3.8) is 0 Å². The van der Waals surface area contributed by atoms with Crippen molar-refractivity contribution in [2.45, 2.75) is 51.5 Å². The summed E-state index contributed by atoms with van der Waals surface area (Å²) in [6.45, 7) is 8.43. The van der Waals surface area contributed by atoms with Crippen LogP contribution < -0.4 is 5.73 Å². The largest absolute Gasteiger partial charge is 0.373 e. The topological polar surface area (TPSA) is 58.8 Å². The lowest BCUT2D eigenvalue weighted by Gasteiger charge is -2.35. The van der Waals surface area contributed by atoms with Gasteiger partial charge in [-0.3, -0.25) is 9.69 Å². The maximum atomic E-state index is 12.6. The van der Waals surface area contributed by atoms with Crippen LogP contribution in [0.25, 0.3) is 0 Å². The molecule has 2 heterocycles. The van der Waals surface area contributed by atoms with Crippen LogP contribution in [-0.2, 0) is 11.3 Å². The fourth-order valence-corrected chi connectivity index (χ4v) is 3.94. The van der Waals surface area contributed by atoms with E-state index in [0.717, 1.165) is 44.6 Å². The van der Waals surface area contributed by atoms with E-state index in [-0.39, 0.29) is 24.2 Å². The normalized spacial score (nSPS) is 28.3. The average molecular weight is 331 g/mol. The fourth-order valence-electron chi connectivity index (χ4n) is 3.94. The molecule has 2 N–H and O–H groups in total. The number of nitrogens with zero attached hydrogens (tertiary/aromatic N) is 2. The number of carbonyl (C=O) groups is 1. The molecule has 2 aliphatic heterocycles. The molecule has 5 heteroatoms. The van der Waals surface area contributed by atoms with Crippen LogP contribution in [0.15, 0.2) is 24.3 Å². The zero-order chi connectivity index (χ0) is 17.1. The van der Waals surface area contributed by atoms with E-state index in [1.54, 1.807) is 0 Å². The summed E-state index contributed by atoms with van der Waals surface area (Å²) in [6, 6.07) is 8.26. The molecule has 1 aromatic rings. The van der Waals surface area contributed by atoms with Gasteiger partial charge in [-0.05, 0) is 44.4 Å². The van der Waals surface area contributed by atoms with E-state index in [0.29, 0.717) is 6.54 Å². The van der Waals surface area contributed by atoms with Gasteiger partial charge in [-0.15, -0.1) is 0 Å². The lowest BCUT2D eigenvalue weighted by atomic mass is 10.1.